The smallest absolute Gasteiger partial charge is 0.500 e. The third-order valence-electron chi connectivity index (χ3n) is 3.23. The number of likely N-dealkylation sites (N-methyl/N-ethyl adjacent to an activating group) is 1. The molecule has 0 amide bonds. The highest BCUT2D eigenvalue weighted by Gasteiger charge is 2.40. The molecule has 0 aromatic heterocycles. The summed E-state index contributed by atoms with van der Waals surface area (Å²) in [6, 6.07) is 0.890. The van der Waals surface area contributed by atoms with Crippen molar-refractivity contribution >= 4 is 24.8 Å². The van der Waals surface area contributed by atoms with Gasteiger partial charge in [-0.15, -0.1) is 0 Å². The Labute approximate surface area is 147 Å². The zero-order valence-electron chi connectivity index (χ0n) is 15.5. The van der Waals surface area contributed by atoms with Crippen LogP contribution in [0.25, 0.3) is 0 Å². The van der Waals surface area contributed by atoms with Crippen LogP contribution >= 0.6 is 0 Å². The van der Waals surface area contributed by atoms with E-state index in [0.717, 1.165) is 32.0 Å². The van der Waals surface area contributed by atoms with E-state index in [0.29, 0.717) is 26.1 Å². The monoisotopic (exact) mass is 384 g/mol. The highest BCUT2D eigenvalue weighted by Crippen LogP contribution is 2.19. The Hall–Kier alpha value is -0.523. The number of rotatable bonds is 10. The minimum absolute atomic E-state index is 0.604. The number of nitrogens with one attached hydrogen (secondary N) is 1. The van der Waals surface area contributed by atoms with E-state index in [1.807, 2.05) is 20.8 Å². The number of hydrogen-bond donors (Lipinski definition) is 1. The quantitative estimate of drug-likeness (QED) is 0.335. The molecule has 0 spiro atoms. The van der Waals surface area contributed by atoms with E-state index in [4.69, 9.17) is 26.2 Å². The first-order valence-corrected chi connectivity index (χ1v) is 12.1. The van der Waals surface area contributed by atoms with E-state index in [9.17, 15) is 0 Å². The lowest BCUT2D eigenvalue weighted by Gasteiger charge is -2.28. The number of nitrogens with zero attached hydrogens (tertiary/aromatic N) is 1. The first-order valence-electron chi connectivity index (χ1n) is 8.31. The van der Waals surface area contributed by atoms with Gasteiger partial charge in [0.05, 0.1) is 17.2 Å². The van der Waals surface area contributed by atoms with Crippen molar-refractivity contribution in [2.75, 3.05) is 46.2 Å². The highest BCUT2D eigenvalue weighted by molar-refractivity contribution is 7.84. The molecule has 10 heteroatoms. The van der Waals surface area contributed by atoms with Crippen molar-refractivity contribution in [1.29, 1.82) is 0 Å². The molecule has 0 aromatic carbocycles. The zero-order chi connectivity index (χ0) is 18.6. The summed E-state index contributed by atoms with van der Waals surface area (Å²) in [4.78, 5) is 0. The van der Waals surface area contributed by atoms with Gasteiger partial charge in [-0.1, -0.05) is 0 Å². The van der Waals surface area contributed by atoms with Gasteiger partial charge in [-0.05, 0) is 27.2 Å². The molecule has 0 saturated heterocycles. The normalized spacial score (nSPS) is 15.1. The minimum Gasteiger partial charge on any atom is -0.748 e. The Kier molecular flexibility index (Phi) is 11.7. The lowest BCUT2D eigenvalue weighted by molar-refractivity contribution is -0.487. The van der Waals surface area contributed by atoms with E-state index >= 15 is 0 Å². The molecule has 0 atom stereocenters. The molecular formula is C14H32N2O6SSi. The van der Waals surface area contributed by atoms with Crippen LogP contribution in [0.4, 0.5) is 0 Å². The maximum atomic E-state index is 9.08. The van der Waals surface area contributed by atoms with Crippen LogP contribution in [0.5, 0.6) is 0 Å². The Morgan fingerprint density at radius 2 is 1.62 bits per heavy atom. The van der Waals surface area contributed by atoms with Crippen LogP contribution in [-0.2, 0) is 23.4 Å². The van der Waals surface area contributed by atoms with Crippen molar-refractivity contribution in [3.8, 4) is 0 Å². The molecule has 0 unspecified atom stereocenters. The fourth-order valence-electron chi connectivity index (χ4n) is 2.39. The average molecular weight is 385 g/mol. The molecule has 1 heterocycles. The molecule has 1 rings (SSSR count). The second-order valence-electron chi connectivity index (χ2n) is 5.33. The van der Waals surface area contributed by atoms with Gasteiger partial charge in [0.2, 0.25) is 5.84 Å². The standard InChI is InChI=1S/C13H28N2O3Si.CH4O3S/c1-5-16-19(17-6-2,18-7-3)12-8-9-13-14-10-11-15(13)4;1-5(2,3)4/h5-12H2,1-4H3;1H3,(H,2,3,4). The Morgan fingerprint density at radius 1 is 1.17 bits per heavy atom. The number of hydrogen-bond acceptors (Lipinski definition) is 7. The van der Waals surface area contributed by atoms with Crippen molar-refractivity contribution in [3.63, 3.8) is 0 Å². The second kappa shape index (κ2) is 11.9. The van der Waals surface area contributed by atoms with Gasteiger partial charge in [-0.25, -0.2) is 8.42 Å². The van der Waals surface area contributed by atoms with Crippen LogP contribution in [0, 0.1) is 0 Å². The molecule has 1 aliphatic heterocycles. The Morgan fingerprint density at radius 3 is 1.96 bits per heavy atom. The second-order valence-corrected chi connectivity index (χ2v) is 9.48. The summed E-state index contributed by atoms with van der Waals surface area (Å²) in [5, 5.41) is 3.42. The predicted molar refractivity (Wildman–Crippen MR) is 94.4 cm³/mol. The van der Waals surface area contributed by atoms with Crippen LogP contribution in [-0.4, -0.2) is 78.4 Å². The summed E-state index contributed by atoms with van der Waals surface area (Å²) >= 11 is 0. The third kappa shape index (κ3) is 11.1. The number of amidine groups is 1. The van der Waals surface area contributed by atoms with Gasteiger partial charge in [0, 0.05) is 38.5 Å². The van der Waals surface area contributed by atoms with E-state index in [2.05, 4.69) is 16.9 Å². The summed E-state index contributed by atoms with van der Waals surface area (Å²) in [5.41, 5.74) is 0. The van der Waals surface area contributed by atoms with E-state index in [1.54, 1.807) is 0 Å². The van der Waals surface area contributed by atoms with Gasteiger partial charge in [-0.3, -0.25) is 9.89 Å². The molecule has 24 heavy (non-hydrogen) atoms. The lowest BCUT2D eigenvalue weighted by Crippen LogP contribution is -2.46. The minimum atomic E-state index is -3.92. The van der Waals surface area contributed by atoms with E-state index in [-0.39, 0.29) is 0 Å². The van der Waals surface area contributed by atoms with Gasteiger partial charge in [0.15, 0.2) is 0 Å². The van der Waals surface area contributed by atoms with Crippen LogP contribution in [0.1, 0.15) is 33.6 Å². The van der Waals surface area contributed by atoms with Gasteiger partial charge in [0.25, 0.3) is 0 Å². The van der Waals surface area contributed by atoms with Gasteiger partial charge < -0.3 is 17.8 Å². The topological polar surface area (TPSA) is 99.9 Å². The van der Waals surface area contributed by atoms with Gasteiger partial charge in [-0.2, -0.15) is 0 Å². The van der Waals surface area contributed by atoms with Gasteiger partial charge in [0.1, 0.15) is 13.1 Å². The molecule has 0 aliphatic carbocycles. The first-order chi connectivity index (χ1) is 11.2. The third-order valence-corrected chi connectivity index (χ3v) is 6.38. The Balaban J connectivity index is 0.000000922. The zero-order valence-corrected chi connectivity index (χ0v) is 17.3. The molecular weight excluding hydrogens is 352 g/mol. The maximum absolute atomic E-state index is 9.08. The summed E-state index contributed by atoms with van der Waals surface area (Å²) < 4.78 is 47.1. The van der Waals surface area contributed by atoms with Crippen molar-refractivity contribution in [3.05, 3.63) is 0 Å². The first kappa shape index (κ1) is 23.5. The van der Waals surface area contributed by atoms with Crippen LogP contribution < -0.4 is 5.32 Å². The fourth-order valence-corrected chi connectivity index (χ4v) is 5.00. The summed E-state index contributed by atoms with van der Waals surface area (Å²) in [6.45, 7) is 10.1. The largest absolute Gasteiger partial charge is 0.748 e. The molecule has 0 aromatic rings. The molecule has 0 bridgehead atoms. The molecule has 144 valence electrons. The highest BCUT2D eigenvalue weighted by atomic mass is 32.2. The van der Waals surface area contributed by atoms with Crippen molar-refractivity contribution in [1.82, 2.24) is 5.32 Å². The molecule has 0 fully saturated rings. The predicted octanol–water partition coefficient (Wildman–Crippen LogP) is 0.620. The van der Waals surface area contributed by atoms with E-state index < -0.39 is 18.9 Å². The van der Waals surface area contributed by atoms with Crippen LogP contribution in [0.15, 0.2) is 0 Å². The van der Waals surface area contributed by atoms with Crippen molar-refractivity contribution in [2.24, 2.45) is 0 Å². The molecule has 1 aliphatic rings. The average Bonchev–Trinajstić information content (AvgIpc) is 2.83. The van der Waals surface area contributed by atoms with Crippen LogP contribution in [0.2, 0.25) is 6.04 Å². The summed E-state index contributed by atoms with van der Waals surface area (Å²) in [7, 11) is -4.23. The maximum Gasteiger partial charge on any atom is 0.500 e. The van der Waals surface area contributed by atoms with Gasteiger partial charge >= 0.3 is 8.80 Å². The SMILES string of the molecule is CCO[Si](CCCC1=[N+](C)CCN1)(OCC)OCC.CS(=O)(=O)[O-]. The summed E-state index contributed by atoms with van der Waals surface area (Å²) in [5.74, 6) is 1.33. The van der Waals surface area contributed by atoms with E-state index in [1.165, 1.54) is 5.84 Å². The molecule has 0 radical (unpaired) electrons. The van der Waals surface area contributed by atoms with Crippen molar-refractivity contribution in [2.45, 2.75) is 39.7 Å². The lowest BCUT2D eigenvalue weighted by atomic mass is 10.3. The fraction of sp³-hybridized carbons (Fsp3) is 0.929. The molecule has 1 N–H and O–H groups in total. The van der Waals surface area contributed by atoms with Crippen LogP contribution in [0.3, 0.4) is 0 Å². The molecule has 0 saturated carbocycles. The Bertz CT molecular complexity index is 459. The molecule has 8 nitrogen and oxygen atoms in total. The van der Waals surface area contributed by atoms with Crippen molar-refractivity contribution < 1.29 is 30.8 Å². The summed E-state index contributed by atoms with van der Waals surface area (Å²) in [6.07, 6.45) is 2.68.